The van der Waals surface area contributed by atoms with Crippen molar-refractivity contribution in [2.45, 2.75) is 6.42 Å². The number of benzene rings is 1. The molecule has 0 fully saturated rings. The third kappa shape index (κ3) is 5.16. The van der Waals surface area contributed by atoms with Gasteiger partial charge in [-0.2, -0.15) is 0 Å². The van der Waals surface area contributed by atoms with Gasteiger partial charge in [0, 0.05) is 20.2 Å². The second-order valence-corrected chi connectivity index (χ2v) is 3.80. The molecule has 0 heterocycles. The van der Waals surface area contributed by atoms with Crippen molar-refractivity contribution in [1.29, 1.82) is 0 Å². The first-order chi connectivity index (χ1) is 8.77. The molecule has 0 aliphatic rings. The number of nitrogens with zero attached hydrogens (tertiary/aromatic N) is 1. The second kappa shape index (κ2) is 8.49. The normalized spacial score (nSPS) is 10.1. The van der Waals surface area contributed by atoms with Gasteiger partial charge in [0.2, 0.25) is 0 Å². The Balaban J connectivity index is 2.52. The van der Waals surface area contributed by atoms with E-state index >= 15 is 0 Å². The Bertz CT molecular complexity index is 335. The minimum absolute atomic E-state index is 0.369. The van der Waals surface area contributed by atoms with E-state index in [-0.39, 0.29) is 6.09 Å². The summed E-state index contributed by atoms with van der Waals surface area (Å²) < 4.78 is 10.2. The largest absolute Gasteiger partial charge is 0.415 e. The fraction of sp³-hybridized carbons (Fsp3) is 0.462. The van der Waals surface area contributed by atoms with Crippen molar-refractivity contribution in [3.8, 4) is 5.75 Å². The van der Waals surface area contributed by atoms with Gasteiger partial charge in [-0.1, -0.05) is 18.2 Å². The topological polar surface area (TPSA) is 64.8 Å². The second-order valence-electron chi connectivity index (χ2n) is 3.80. The molecule has 0 saturated heterocycles. The number of nitrogens with two attached hydrogens (primary N) is 1. The molecule has 1 aromatic rings. The van der Waals surface area contributed by atoms with Crippen LogP contribution in [-0.4, -0.2) is 44.3 Å². The van der Waals surface area contributed by atoms with Crippen molar-refractivity contribution in [3.05, 3.63) is 30.3 Å². The van der Waals surface area contributed by atoms with Gasteiger partial charge in [-0.05, 0) is 25.1 Å². The first kappa shape index (κ1) is 14.5. The van der Waals surface area contributed by atoms with E-state index < -0.39 is 0 Å². The van der Waals surface area contributed by atoms with Crippen molar-refractivity contribution in [3.63, 3.8) is 0 Å². The quantitative estimate of drug-likeness (QED) is 0.798. The van der Waals surface area contributed by atoms with Crippen molar-refractivity contribution in [2.24, 2.45) is 5.73 Å². The lowest BCUT2D eigenvalue weighted by Crippen LogP contribution is -2.37. The van der Waals surface area contributed by atoms with Gasteiger partial charge in [0.15, 0.2) is 0 Å². The summed E-state index contributed by atoms with van der Waals surface area (Å²) in [6.45, 7) is 2.10. The zero-order chi connectivity index (χ0) is 13.2. The van der Waals surface area contributed by atoms with Crippen LogP contribution in [0.3, 0.4) is 0 Å². The molecule has 0 aliphatic carbocycles. The molecule has 5 nitrogen and oxygen atoms in total. The van der Waals surface area contributed by atoms with Crippen LogP contribution < -0.4 is 10.5 Å². The van der Waals surface area contributed by atoms with Gasteiger partial charge in [-0.3, -0.25) is 0 Å². The number of para-hydroxylation sites is 1. The monoisotopic (exact) mass is 252 g/mol. The highest BCUT2D eigenvalue weighted by Gasteiger charge is 2.14. The zero-order valence-corrected chi connectivity index (χ0v) is 10.7. The summed E-state index contributed by atoms with van der Waals surface area (Å²) in [5, 5.41) is 0. The average molecular weight is 252 g/mol. The highest BCUT2D eigenvalue weighted by atomic mass is 16.6. The number of hydrogen-bond acceptors (Lipinski definition) is 4. The maximum atomic E-state index is 11.9. The van der Waals surface area contributed by atoms with Crippen LogP contribution in [0, 0.1) is 0 Å². The van der Waals surface area contributed by atoms with Crippen molar-refractivity contribution < 1.29 is 14.3 Å². The number of ether oxygens (including phenoxy) is 2. The number of amides is 1. The van der Waals surface area contributed by atoms with E-state index in [2.05, 4.69) is 0 Å². The molecule has 100 valence electrons. The number of rotatable bonds is 7. The van der Waals surface area contributed by atoms with Gasteiger partial charge in [0.25, 0.3) is 0 Å². The van der Waals surface area contributed by atoms with E-state index in [9.17, 15) is 4.79 Å². The van der Waals surface area contributed by atoms with Crippen LogP contribution in [-0.2, 0) is 4.74 Å². The summed E-state index contributed by atoms with van der Waals surface area (Å²) in [5.74, 6) is 0.540. The third-order valence-corrected chi connectivity index (χ3v) is 2.40. The molecule has 0 aliphatic heterocycles. The van der Waals surface area contributed by atoms with Crippen LogP contribution >= 0.6 is 0 Å². The Morgan fingerprint density at radius 1 is 1.28 bits per heavy atom. The maximum Gasteiger partial charge on any atom is 0.415 e. The van der Waals surface area contributed by atoms with Gasteiger partial charge < -0.3 is 20.1 Å². The minimum atomic E-state index is -0.369. The standard InChI is InChI=1S/C13H20N2O3/c1-17-11-10-15(9-5-8-14)13(16)18-12-6-3-2-4-7-12/h2-4,6-7H,5,8-11,14H2,1H3. The van der Waals surface area contributed by atoms with E-state index in [4.69, 9.17) is 15.2 Å². The highest BCUT2D eigenvalue weighted by molar-refractivity contribution is 5.70. The first-order valence-corrected chi connectivity index (χ1v) is 5.98. The molecule has 5 heteroatoms. The van der Waals surface area contributed by atoms with E-state index in [0.29, 0.717) is 32.0 Å². The van der Waals surface area contributed by atoms with Crippen LogP contribution in [0.25, 0.3) is 0 Å². The molecule has 1 amide bonds. The van der Waals surface area contributed by atoms with Crippen molar-refractivity contribution >= 4 is 6.09 Å². The molecular weight excluding hydrogens is 232 g/mol. The third-order valence-electron chi connectivity index (χ3n) is 2.40. The lowest BCUT2D eigenvalue weighted by atomic mass is 10.3. The summed E-state index contributed by atoms with van der Waals surface area (Å²) in [4.78, 5) is 13.5. The van der Waals surface area contributed by atoms with Gasteiger partial charge in [-0.25, -0.2) is 4.79 Å². The molecule has 0 saturated carbocycles. The number of hydrogen-bond donors (Lipinski definition) is 1. The van der Waals surface area contributed by atoms with Crippen molar-refractivity contribution in [2.75, 3.05) is 33.4 Å². The van der Waals surface area contributed by atoms with Gasteiger partial charge in [-0.15, -0.1) is 0 Å². The van der Waals surface area contributed by atoms with Crippen LogP contribution in [0.15, 0.2) is 30.3 Å². The number of carbonyl (C=O) groups is 1. The number of carbonyl (C=O) groups excluding carboxylic acids is 1. The van der Waals surface area contributed by atoms with Crippen LogP contribution in [0.2, 0.25) is 0 Å². The zero-order valence-electron chi connectivity index (χ0n) is 10.7. The molecule has 2 N–H and O–H groups in total. The summed E-state index contributed by atoms with van der Waals surface area (Å²) in [7, 11) is 1.60. The Labute approximate surface area is 107 Å². The maximum absolute atomic E-state index is 11.9. The Morgan fingerprint density at radius 2 is 2.00 bits per heavy atom. The molecule has 18 heavy (non-hydrogen) atoms. The molecule has 0 spiro atoms. The fourth-order valence-electron chi connectivity index (χ4n) is 1.43. The molecule has 1 rings (SSSR count). The molecule has 0 atom stereocenters. The van der Waals surface area contributed by atoms with E-state index in [1.54, 1.807) is 24.1 Å². The lowest BCUT2D eigenvalue weighted by Gasteiger charge is -2.21. The molecule has 0 aromatic heterocycles. The van der Waals surface area contributed by atoms with Gasteiger partial charge >= 0.3 is 6.09 Å². The van der Waals surface area contributed by atoms with E-state index in [1.807, 2.05) is 18.2 Å². The predicted molar refractivity (Wildman–Crippen MR) is 69.6 cm³/mol. The molecular formula is C13H20N2O3. The number of methoxy groups -OCH3 is 1. The molecule has 0 bridgehead atoms. The van der Waals surface area contributed by atoms with Gasteiger partial charge in [0.1, 0.15) is 5.75 Å². The van der Waals surface area contributed by atoms with Crippen LogP contribution in [0.5, 0.6) is 5.75 Å². The smallest absolute Gasteiger partial charge is 0.410 e. The lowest BCUT2D eigenvalue weighted by molar-refractivity contribution is 0.123. The average Bonchev–Trinajstić information content (AvgIpc) is 2.40. The summed E-state index contributed by atoms with van der Waals surface area (Å²) in [6, 6.07) is 9.00. The molecule has 1 aromatic carbocycles. The summed E-state index contributed by atoms with van der Waals surface area (Å²) in [6.07, 6.45) is 0.375. The predicted octanol–water partition coefficient (Wildman–Crippen LogP) is 1.48. The molecule has 0 unspecified atom stereocenters. The Kier molecular flexibility index (Phi) is 6.83. The Hall–Kier alpha value is -1.59. The van der Waals surface area contributed by atoms with Crippen LogP contribution in [0.1, 0.15) is 6.42 Å². The van der Waals surface area contributed by atoms with Crippen molar-refractivity contribution in [1.82, 2.24) is 4.90 Å². The SMILES string of the molecule is COCCN(CCCN)C(=O)Oc1ccccc1. The summed E-state index contributed by atoms with van der Waals surface area (Å²) in [5.41, 5.74) is 5.45. The van der Waals surface area contributed by atoms with Crippen LogP contribution in [0.4, 0.5) is 4.79 Å². The minimum Gasteiger partial charge on any atom is -0.410 e. The first-order valence-electron chi connectivity index (χ1n) is 5.98. The fourth-order valence-corrected chi connectivity index (χ4v) is 1.43. The highest BCUT2D eigenvalue weighted by Crippen LogP contribution is 2.10. The van der Waals surface area contributed by atoms with E-state index in [1.165, 1.54) is 0 Å². The van der Waals surface area contributed by atoms with Gasteiger partial charge in [0.05, 0.1) is 6.61 Å². The van der Waals surface area contributed by atoms with E-state index in [0.717, 1.165) is 6.42 Å². The summed E-state index contributed by atoms with van der Waals surface area (Å²) >= 11 is 0. The Morgan fingerprint density at radius 3 is 2.61 bits per heavy atom. The molecule has 0 radical (unpaired) electrons.